The lowest BCUT2D eigenvalue weighted by Gasteiger charge is -2.17. The molecule has 0 unspecified atom stereocenters. The highest BCUT2D eigenvalue weighted by Crippen LogP contribution is 2.16. The number of aromatic nitrogens is 3. The lowest BCUT2D eigenvalue weighted by atomic mass is 10.2. The molecule has 0 aliphatic rings. The second-order valence-corrected chi connectivity index (χ2v) is 6.17. The summed E-state index contributed by atoms with van der Waals surface area (Å²) in [6.45, 7) is 0.590. The normalized spacial score (nSPS) is 10.4. The van der Waals surface area contributed by atoms with Gasteiger partial charge in [-0.2, -0.15) is 0 Å². The van der Waals surface area contributed by atoms with Gasteiger partial charge in [-0.3, -0.25) is 9.78 Å². The molecule has 6 nitrogen and oxygen atoms in total. The maximum atomic E-state index is 12.6. The Morgan fingerprint density at radius 1 is 1.08 bits per heavy atom. The van der Waals surface area contributed by atoms with Gasteiger partial charge in [-0.1, -0.05) is 11.6 Å². The molecule has 0 bridgehead atoms. The number of rotatable bonds is 6. The third kappa shape index (κ3) is 4.77. The van der Waals surface area contributed by atoms with Gasteiger partial charge >= 0.3 is 0 Å². The van der Waals surface area contributed by atoms with E-state index in [9.17, 15) is 4.79 Å². The molecule has 0 atom stereocenters. The minimum absolute atomic E-state index is 0.152. The molecule has 3 rings (SSSR count). The van der Waals surface area contributed by atoms with Crippen molar-refractivity contribution in [3.05, 3.63) is 77.3 Å². The number of hydrogen-bond donors (Lipinski definition) is 1. The summed E-state index contributed by atoms with van der Waals surface area (Å²) in [5, 5.41) is 3.71. The van der Waals surface area contributed by atoms with Gasteiger partial charge in [0.2, 0.25) is 5.95 Å². The Morgan fingerprint density at radius 3 is 2.54 bits per heavy atom. The van der Waals surface area contributed by atoms with E-state index in [0.29, 0.717) is 23.2 Å². The molecule has 132 valence electrons. The zero-order chi connectivity index (χ0) is 18.4. The molecule has 0 saturated heterocycles. The van der Waals surface area contributed by atoms with Crippen LogP contribution >= 0.6 is 11.6 Å². The number of amides is 1. The number of carbonyl (C=O) groups excluding carboxylic acids is 1. The van der Waals surface area contributed by atoms with Crippen LogP contribution in [0.3, 0.4) is 0 Å². The molecule has 3 aromatic rings. The van der Waals surface area contributed by atoms with Crippen molar-refractivity contribution in [1.82, 2.24) is 19.9 Å². The van der Waals surface area contributed by atoms with E-state index in [1.165, 1.54) is 0 Å². The Morgan fingerprint density at radius 2 is 1.81 bits per heavy atom. The molecule has 26 heavy (non-hydrogen) atoms. The third-order valence-corrected chi connectivity index (χ3v) is 4.06. The summed E-state index contributed by atoms with van der Waals surface area (Å²) in [4.78, 5) is 26.7. The van der Waals surface area contributed by atoms with Gasteiger partial charge in [-0.15, -0.1) is 0 Å². The van der Waals surface area contributed by atoms with E-state index in [2.05, 4.69) is 20.3 Å². The number of hydrogen-bond acceptors (Lipinski definition) is 5. The molecule has 1 amide bonds. The van der Waals surface area contributed by atoms with Gasteiger partial charge in [-0.05, 0) is 54.4 Å². The topological polar surface area (TPSA) is 71.0 Å². The SMILES string of the molecule is CN(CCc1ccncc1)C(=O)c1ccnc(Nc2ccc(Cl)cc2)n1. The van der Waals surface area contributed by atoms with Crippen molar-refractivity contribution >= 4 is 29.1 Å². The minimum Gasteiger partial charge on any atom is -0.340 e. The van der Waals surface area contributed by atoms with Crippen molar-refractivity contribution in [3.63, 3.8) is 0 Å². The minimum atomic E-state index is -0.152. The molecule has 7 heteroatoms. The third-order valence-electron chi connectivity index (χ3n) is 3.81. The van der Waals surface area contributed by atoms with Crippen LogP contribution in [0, 0.1) is 0 Å². The van der Waals surface area contributed by atoms with Gasteiger partial charge in [0.05, 0.1) is 0 Å². The highest BCUT2D eigenvalue weighted by molar-refractivity contribution is 6.30. The Kier molecular flexibility index (Phi) is 5.76. The molecule has 0 fully saturated rings. The predicted octanol–water partition coefficient (Wildman–Crippen LogP) is 3.58. The molecule has 0 aliphatic carbocycles. The summed E-state index contributed by atoms with van der Waals surface area (Å²) in [6, 6.07) is 12.7. The molecule has 2 heterocycles. The average molecular weight is 368 g/mol. The highest BCUT2D eigenvalue weighted by atomic mass is 35.5. The van der Waals surface area contributed by atoms with Gasteiger partial charge in [0.1, 0.15) is 5.69 Å². The summed E-state index contributed by atoms with van der Waals surface area (Å²) < 4.78 is 0. The molecule has 1 N–H and O–H groups in total. The smallest absolute Gasteiger partial charge is 0.272 e. The predicted molar refractivity (Wildman–Crippen MR) is 102 cm³/mol. The van der Waals surface area contributed by atoms with Gasteiger partial charge < -0.3 is 10.2 Å². The van der Waals surface area contributed by atoms with E-state index in [1.54, 1.807) is 48.7 Å². The zero-order valence-corrected chi connectivity index (χ0v) is 15.0. The number of halogens is 1. The van der Waals surface area contributed by atoms with Crippen molar-refractivity contribution in [2.45, 2.75) is 6.42 Å². The Bertz CT molecular complexity index is 871. The van der Waals surface area contributed by atoms with Gasteiger partial charge in [-0.25, -0.2) is 9.97 Å². The van der Waals surface area contributed by atoms with Crippen LogP contribution < -0.4 is 5.32 Å². The van der Waals surface area contributed by atoms with Crippen molar-refractivity contribution in [2.24, 2.45) is 0 Å². The lowest BCUT2D eigenvalue weighted by Crippen LogP contribution is -2.29. The Hall–Kier alpha value is -2.99. The first-order valence-electron chi connectivity index (χ1n) is 8.12. The van der Waals surface area contributed by atoms with Crippen molar-refractivity contribution in [2.75, 3.05) is 18.9 Å². The second kappa shape index (κ2) is 8.40. The fraction of sp³-hybridized carbons (Fsp3) is 0.158. The van der Waals surface area contributed by atoms with Crippen molar-refractivity contribution in [1.29, 1.82) is 0 Å². The van der Waals surface area contributed by atoms with Crippen molar-refractivity contribution < 1.29 is 4.79 Å². The van der Waals surface area contributed by atoms with E-state index in [1.807, 2.05) is 24.3 Å². The second-order valence-electron chi connectivity index (χ2n) is 5.73. The summed E-state index contributed by atoms with van der Waals surface area (Å²) in [7, 11) is 1.76. The number of nitrogens with zero attached hydrogens (tertiary/aromatic N) is 4. The maximum Gasteiger partial charge on any atom is 0.272 e. The first-order chi connectivity index (χ1) is 12.6. The number of benzene rings is 1. The van der Waals surface area contributed by atoms with Crippen LogP contribution in [0.25, 0.3) is 0 Å². The van der Waals surface area contributed by atoms with Crippen LogP contribution in [0.2, 0.25) is 5.02 Å². The molecule has 0 spiro atoms. The fourth-order valence-corrected chi connectivity index (χ4v) is 2.47. The lowest BCUT2D eigenvalue weighted by molar-refractivity contribution is 0.0791. The summed E-state index contributed by atoms with van der Waals surface area (Å²) in [5.41, 5.74) is 2.27. The van der Waals surface area contributed by atoms with E-state index in [4.69, 9.17) is 11.6 Å². The first-order valence-corrected chi connectivity index (χ1v) is 8.49. The van der Waals surface area contributed by atoms with E-state index in [-0.39, 0.29) is 5.91 Å². The number of carbonyl (C=O) groups is 1. The quantitative estimate of drug-likeness (QED) is 0.721. The van der Waals surface area contributed by atoms with Crippen LogP contribution in [0.4, 0.5) is 11.6 Å². The van der Waals surface area contributed by atoms with E-state index < -0.39 is 0 Å². The van der Waals surface area contributed by atoms with Crippen molar-refractivity contribution in [3.8, 4) is 0 Å². The van der Waals surface area contributed by atoms with Crippen LogP contribution in [0.1, 0.15) is 16.1 Å². The molecule has 1 aromatic carbocycles. The summed E-state index contributed by atoms with van der Waals surface area (Å²) in [6.07, 6.45) is 5.81. The monoisotopic (exact) mass is 367 g/mol. The Balaban J connectivity index is 1.64. The standard InChI is InChI=1S/C19H18ClN5O/c1-25(13-9-14-6-10-21-11-7-14)18(26)17-8-12-22-19(24-17)23-16-4-2-15(20)3-5-16/h2-8,10-12H,9,13H2,1H3,(H,22,23,24). The number of pyridine rings is 1. The largest absolute Gasteiger partial charge is 0.340 e. The van der Waals surface area contributed by atoms with Crippen LogP contribution in [0.5, 0.6) is 0 Å². The number of nitrogens with one attached hydrogen (secondary N) is 1. The first kappa shape index (κ1) is 17.8. The molecule has 0 radical (unpaired) electrons. The van der Waals surface area contributed by atoms with Crippen LogP contribution in [-0.4, -0.2) is 39.4 Å². The maximum absolute atomic E-state index is 12.6. The number of anilines is 2. The summed E-state index contributed by atoms with van der Waals surface area (Å²) in [5.74, 6) is 0.210. The molecule has 2 aromatic heterocycles. The van der Waals surface area contributed by atoms with Gasteiger partial charge in [0.25, 0.3) is 5.91 Å². The van der Waals surface area contributed by atoms with E-state index >= 15 is 0 Å². The Labute approximate surface area is 156 Å². The van der Waals surface area contributed by atoms with Gasteiger partial charge in [0.15, 0.2) is 0 Å². The zero-order valence-electron chi connectivity index (χ0n) is 14.3. The van der Waals surface area contributed by atoms with Crippen LogP contribution in [0.15, 0.2) is 61.1 Å². The molecular formula is C19H18ClN5O. The summed E-state index contributed by atoms with van der Waals surface area (Å²) >= 11 is 5.88. The molecule has 0 saturated carbocycles. The average Bonchev–Trinajstić information content (AvgIpc) is 2.68. The van der Waals surface area contributed by atoms with E-state index in [0.717, 1.165) is 17.7 Å². The molecular weight excluding hydrogens is 350 g/mol. The van der Waals surface area contributed by atoms with Gasteiger partial charge in [0, 0.05) is 42.9 Å². The molecule has 0 aliphatic heterocycles. The highest BCUT2D eigenvalue weighted by Gasteiger charge is 2.14. The fourth-order valence-electron chi connectivity index (χ4n) is 2.34. The number of likely N-dealkylation sites (N-methyl/N-ethyl adjacent to an activating group) is 1. The van der Waals surface area contributed by atoms with Crippen LogP contribution in [-0.2, 0) is 6.42 Å².